The van der Waals surface area contributed by atoms with Crippen molar-refractivity contribution in [2.45, 2.75) is 46.4 Å². The number of phenols is 1. The zero-order chi connectivity index (χ0) is 21.4. The van der Waals surface area contributed by atoms with Crippen LogP contribution in [-0.2, 0) is 11.3 Å². The molecule has 6 heteroatoms. The van der Waals surface area contributed by atoms with Gasteiger partial charge in [0.1, 0.15) is 17.1 Å². The van der Waals surface area contributed by atoms with Gasteiger partial charge < -0.3 is 19.6 Å². The van der Waals surface area contributed by atoms with Gasteiger partial charge >= 0.3 is 0 Å². The molecule has 1 amide bonds. The second-order valence-corrected chi connectivity index (χ2v) is 8.19. The summed E-state index contributed by atoms with van der Waals surface area (Å²) in [6.45, 7) is 9.88. The van der Waals surface area contributed by atoms with Crippen molar-refractivity contribution in [2.24, 2.45) is 0 Å². The number of ether oxygens (including phenoxy) is 1. The van der Waals surface area contributed by atoms with Gasteiger partial charge in [0.05, 0.1) is 17.8 Å². The fraction of sp³-hybridized carbons (Fsp3) is 0.375. The predicted octanol–water partition coefficient (Wildman–Crippen LogP) is 4.62. The van der Waals surface area contributed by atoms with E-state index >= 15 is 0 Å². The van der Waals surface area contributed by atoms with Gasteiger partial charge in [-0.15, -0.1) is 0 Å². The number of fused-ring (bicyclic) bond motifs is 1. The van der Waals surface area contributed by atoms with Crippen molar-refractivity contribution >= 4 is 22.6 Å². The molecule has 3 aromatic rings. The number of rotatable bonds is 4. The summed E-state index contributed by atoms with van der Waals surface area (Å²) in [4.78, 5) is 15.5. The highest BCUT2D eigenvalue weighted by Crippen LogP contribution is 2.35. The Morgan fingerprint density at radius 1 is 1.13 bits per heavy atom. The Bertz CT molecular complexity index is 1080. The number of amides is 1. The first-order valence-electron chi connectivity index (χ1n) is 10.3. The first-order valence-corrected chi connectivity index (χ1v) is 10.3. The van der Waals surface area contributed by atoms with E-state index in [-0.39, 0.29) is 23.9 Å². The highest BCUT2D eigenvalue weighted by molar-refractivity contribution is 6.14. The van der Waals surface area contributed by atoms with Crippen molar-refractivity contribution in [1.82, 2.24) is 4.90 Å². The lowest BCUT2D eigenvalue weighted by Crippen LogP contribution is -2.44. The maximum atomic E-state index is 13.2. The molecule has 1 fully saturated rings. The van der Waals surface area contributed by atoms with Crippen LogP contribution in [0.2, 0.25) is 0 Å². The topological polar surface area (TPSA) is 74.9 Å². The molecule has 2 atom stereocenters. The highest BCUT2D eigenvalue weighted by atomic mass is 16.5. The molecule has 158 valence electrons. The lowest BCUT2D eigenvalue weighted by molar-refractivity contribution is -0.0705. The molecule has 0 spiro atoms. The Kier molecular flexibility index (Phi) is 5.54. The van der Waals surface area contributed by atoms with Gasteiger partial charge in [0.15, 0.2) is 0 Å². The van der Waals surface area contributed by atoms with Crippen LogP contribution in [-0.4, -0.2) is 41.2 Å². The summed E-state index contributed by atoms with van der Waals surface area (Å²) in [5, 5.41) is 14.4. The average Bonchev–Trinajstić information content (AvgIpc) is 3.01. The van der Waals surface area contributed by atoms with E-state index in [1.807, 2.05) is 45.0 Å². The molecule has 0 bridgehead atoms. The molecule has 1 aliphatic rings. The lowest BCUT2D eigenvalue weighted by Gasteiger charge is -2.35. The third kappa shape index (κ3) is 3.93. The SMILES string of the molecule is Cc1ccccc1NC(=O)c1c(C)oc2ccc(O)c(CN3C[C@H](C)O[C@@H](C)C3)c12. The quantitative estimate of drug-likeness (QED) is 0.659. The van der Waals surface area contributed by atoms with E-state index in [2.05, 4.69) is 10.2 Å². The number of para-hydroxylation sites is 1. The Balaban J connectivity index is 1.73. The summed E-state index contributed by atoms with van der Waals surface area (Å²) >= 11 is 0. The second kappa shape index (κ2) is 8.13. The maximum Gasteiger partial charge on any atom is 0.259 e. The lowest BCUT2D eigenvalue weighted by atomic mass is 10.0. The van der Waals surface area contributed by atoms with Crippen LogP contribution >= 0.6 is 0 Å². The molecule has 4 rings (SSSR count). The van der Waals surface area contributed by atoms with E-state index < -0.39 is 0 Å². The summed E-state index contributed by atoms with van der Waals surface area (Å²) in [6.07, 6.45) is 0.231. The molecule has 6 nitrogen and oxygen atoms in total. The predicted molar refractivity (Wildman–Crippen MR) is 117 cm³/mol. The van der Waals surface area contributed by atoms with Gasteiger partial charge in [-0.3, -0.25) is 9.69 Å². The zero-order valence-corrected chi connectivity index (χ0v) is 17.9. The normalized spacial score (nSPS) is 19.9. The van der Waals surface area contributed by atoms with E-state index in [4.69, 9.17) is 9.15 Å². The Labute approximate surface area is 176 Å². The van der Waals surface area contributed by atoms with Crippen LogP contribution in [0.15, 0.2) is 40.8 Å². The van der Waals surface area contributed by atoms with Crippen LogP contribution in [0.25, 0.3) is 11.0 Å². The Morgan fingerprint density at radius 3 is 2.53 bits per heavy atom. The van der Waals surface area contributed by atoms with Crippen LogP contribution in [0.3, 0.4) is 0 Å². The number of hydrogen-bond acceptors (Lipinski definition) is 5. The molecular weight excluding hydrogens is 380 g/mol. The number of furan rings is 1. The molecule has 1 aliphatic heterocycles. The summed E-state index contributed by atoms with van der Waals surface area (Å²) in [5.41, 5.74) is 3.52. The number of nitrogens with zero attached hydrogens (tertiary/aromatic N) is 1. The number of phenolic OH excluding ortho intramolecular Hbond substituents is 1. The van der Waals surface area contributed by atoms with E-state index in [0.717, 1.165) is 24.3 Å². The number of aromatic hydroxyl groups is 1. The van der Waals surface area contributed by atoms with Gasteiger partial charge in [-0.1, -0.05) is 18.2 Å². The largest absolute Gasteiger partial charge is 0.508 e. The van der Waals surface area contributed by atoms with Crippen molar-refractivity contribution < 1.29 is 19.1 Å². The highest BCUT2D eigenvalue weighted by Gasteiger charge is 2.27. The maximum absolute atomic E-state index is 13.2. The van der Waals surface area contributed by atoms with Crippen molar-refractivity contribution in [3.63, 3.8) is 0 Å². The van der Waals surface area contributed by atoms with Gasteiger partial charge in [-0.05, 0) is 51.5 Å². The van der Waals surface area contributed by atoms with Crippen molar-refractivity contribution in [3.05, 3.63) is 58.8 Å². The molecule has 0 aliphatic carbocycles. The molecule has 2 heterocycles. The van der Waals surface area contributed by atoms with Crippen LogP contribution in [0.1, 0.15) is 41.1 Å². The van der Waals surface area contributed by atoms with Gasteiger partial charge in [-0.2, -0.15) is 0 Å². The van der Waals surface area contributed by atoms with Gasteiger partial charge in [-0.25, -0.2) is 0 Å². The number of carbonyl (C=O) groups excluding carboxylic acids is 1. The van der Waals surface area contributed by atoms with E-state index in [9.17, 15) is 9.90 Å². The fourth-order valence-electron chi connectivity index (χ4n) is 4.33. The Morgan fingerprint density at radius 2 is 1.83 bits per heavy atom. The smallest absolute Gasteiger partial charge is 0.259 e. The standard InChI is InChI=1S/C24H28N2O4/c1-14-7-5-6-8-19(14)25-24(28)22-17(4)30-21-10-9-20(27)18(23(21)22)13-26-11-15(2)29-16(3)12-26/h5-10,15-16,27H,11-13H2,1-4H3,(H,25,28)/t15-,16-/m0/s1. The number of aryl methyl sites for hydroxylation is 2. The minimum Gasteiger partial charge on any atom is -0.508 e. The first kappa shape index (κ1) is 20.4. The number of hydrogen-bond donors (Lipinski definition) is 2. The molecule has 1 aromatic heterocycles. The minimum absolute atomic E-state index is 0.116. The molecule has 0 unspecified atom stereocenters. The molecule has 0 saturated carbocycles. The van der Waals surface area contributed by atoms with Crippen molar-refractivity contribution in [1.29, 1.82) is 0 Å². The summed E-state index contributed by atoms with van der Waals surface area (Å²) < 4.78 is 11.7. The summed E-state index contributed by atoms with van der Waals surface area (Å²) in [5.74, 6) is 0.461. The second-order valence-electron chi connectivity index (χ2n) is 8.19. The van der Waals surface area contributed by atoms with Gasteiger partial charge in [0, 0.05) is 36.3 Å². The zero-order valence-electron chi connectivity index (χ0n) is 17.9. The molecule has 0 radical (unpaired) electrons. The van der Waals surface area contributed by atoms with E-state index in [1.165, 1.54) is 0 Å². The number of nitrogens with one attached hydrogen (secondary N) is 1. The molecule has 30 heavy (non-hydrogen) atoms. The van der Waals surface area contributed by atoms with E-state index in [1.54, 1.807) is 19.1 Å². The van der Waals surface area contributed by atoms with Crippen molar-refractivity contribution in [2.75, 3.05) is 18.4 Å². The van der Waals surface area contributed by atoms with E-state index in [0.29, 0.717) is 34.4 Å². The minimum atomic E-state index is -0.240. The number of morpholine rings is 1. The van der Waals surface area contributed by atoms with Crippen molar-refractivity contribution in [3.8, 4) is 5.75 Å². The van der Waals surface area contributed by atoms with Crippen LogP contribution in [0.4, 0.5) is 5.69 Å². The summed E-state index contributed by atoms with van der Waals surface area (Å²) in [7, 11) is 0. The number of carbonyl (C=O) groups is 1. The third-order valence-corrected chi connectivity index (χ3v) is 5.61. The average molecular weight is 408 g/mol. The number of benzene rings is 2. The molecular formula is C24H28N2O4. The molecule has 2 N–H and O–H groups in total. The van der Waals surface area contributed by atoms with Gasteiger partial charge in [0.2, 0.25) is 0 Å². The Hall–Kier alpha value is -2.83. The van der Waals surface area contributed by atoms with Gasteiger partial charge in [0.25, 0.3) is 5.91 Å². The molecule has 1 saturated heterocycles. The first-order chi connectivity index (χ1) is 14.3. The van der Waals surface area contributed by atoms with Crippen LogP contribution < -0.4 is 5.32 Å². The third-order valence-electron chi connectivity index (χ3n) is 5.61. The number of anilines is 1. The van der Waals surface area contributed by atoms with Crippen LogP contribution in [0.5, 0.6) is 5.75 Å². The van der Waals surface area contributed by atoms with Crippen LogP contribution in [0, 0.1) is 13.8 Å². The fourth-order valence-corrected chi connectivity index (χ4v) is 4.33. The monoisotopic (exact) mass is 408 g/mol. The summed E-state index contributed by atoms with van der Waals surface area (Å²) in [6, 6.07) is 11.0. The molecule has 2 aromatic carbocycles.